The van der Waals surface area contributed by atoms with Gasteiger partial charge in [-0.25, -0.2) is 0 Å². The van der Waals surface area contributed by atoms with Gasteiger partial charge in [-0.1, -0.05) is 0 Å². The van der Waals surface area contributed by atoms with Gasteiger partial charge in [0.25, 0.3) is 0 Å². The molecule has 0 radical (unpaired) electrons. The van der Waals surface area contributed by atoms with Crippen LogP contribution in [-0.2, 0) is 18.3 Å². The van der Waals surface area contributed by atoms with E-state index in [1.54, 1.807) is 0 Å². The number of aromatic nitrogens is 2. The van der Waals surface area contributed by atoms with Gasteiger partial charge in [0, 0.05) is 24.8 Å². The van der Waals surface area contributed by atoms with E-state index in [2.05, 4.69) is 10.4 Å². The van der Waals surface area contributed by atoms with Gasteiger partial charge in [0.15, 0.2) is 0 Å². The first-order valence-electron chi connectivity index (χ1n) is 5.83. The number of amides is 1. The maximum Gasteiger partial charge on any atom is 0.224 e. The normalized spacial score (nSPS) is 15.2. The SMILES string of the molecule is Cc1nn(C)c(C)c1CC(=O)NCC1CC1. The van der Waals surface area contributed by atoms with Gasteiger partial charge in [-0.3, -0.25) is 9.48 Å². The second-order valence-corrected chi connectivity index (χ2v) is 4.70. The quantitative estimate of drug-likeness (QED) is 0.827. The van der Waals surface area contributed by atoms with Crippen LogP contribution in [-0.4, -0.2) is 22.2 Å². The number of carbonyl (C=O) groups is 1. The number of rotatable bonds is 4. The number of hydrogen-bond donors (Lipinski definition) is 1. The average molecular weight is 221 g/mol. The first-order chi connectivity index (χ1) is 7.58. The lowest BCUT2D eigenvalue weighted by molar-refractivity contribution is -0.120. The molecule has 0 atom stereocenters. The van der Waals surface area contributed by atoms with Crippen molar-refractivity contribution in [3.05, 3.63) is 17.0 Å². The zero-order valence-corrected chi connectivity index (χ0v) is 10.2. The Balaban J connectivity index is 1.93. The number of nitrogens with zero attached hydrogens (tertiary/aromatic N) is 2. The summed E-state index contributed by atoms with van der Waals surface area (Å²) < 4.78 is 1.83. The molecule has 2 rings (SSSR count). The van der Waals surface area contributed by atoms with E-state index in [4.69, 9.17) is 0 Å². The molecule has 16 heavy (non-hydrogen) atoms. The summed E-state index contributed by atoms with van der Waals surface area (Å²) in [5.41, 5.74) is 3.11. The van der Waals surface area contributed by atoms with Crippen LogP contribution in [0.25, 0.3) is 0 Å². The molecular weight excluding hydrogens is 202 g/mol. The van der Waals surface area contributed by atoms with Crippen LogP contribution in [0.1, 0.15) is 29.8 Å². The predicted molar refractivity (Wildman–Crippen MR) is 62.1 cm³/mol. The van der Waals surface area contributed by atoms with E-state index in [0.717, 1.165) is 29.4 Å². The van der Waals surface area contributed by atoms with E-state index in [0.29, 0.717) is 6.42 Å². The van der Waals surface area contributed by atoms with Crippen molar-refractivity contribution in [2.45, 2.75) is 33.1 Å². The Hall–Kier alpha value is -1.32. The van der Waals surface area contributed by atoms with E-state index < -0.39 is 0 Å². The number of carbonyl (C=O) groups excluding carboxylic acids is 1. The van der Waals surface area contributed by atoms with Crippen LogP contribution in [0.15, 0.2) is 0 Å². The highest BCUT2D eigenvalue weighted by Crippen LogP contribution is 2.27. The molecule has 1 saturated carbocycles. The van der Waals surface area contributed by atoms with Gasteiger partial charge in [0.1, 0.15) is 0 Å². The van der Waals surface area contributed by atoms with E-state index >= 15 is 0 Å². The molecular formula is C12H19N3O. The molecule has 0 aromatic carbocycles. The molecule has 1 aromatic heterocycles. The predicted octanol–water partition coefficient (Wildman–Crippen LogP) is 1.11. The van der Waals surface area contributed by atoms with Crippen LogP contribution in [0.4, 0.5) is 0 Å². The summed E-state index contributed by atoms with van der Waals surface area (Å²) in [6, 6.07) is 0. The standard InChI is InChI=1S/C12H19N3O/c1-8-11(9(2)15(3)14-8)6-12(16)13-7-10-4-5-10/h10H,4-7H2,1-3H3,(H,13,16). The molecule has 4 nitrogen and oxygen atoms in total. The second-order valence-electron chi connectivity index (χ2n) is 4.70. The largest absolute Gasteiger partial charge is 0.356 e. The van der Waals surface area contributed by atoms with E-state index in [-0.39, 0.29) is 5.91 Å². The monoisotopic (exact) mass is 221 g/mol. The van der Waals surface area contributed by atoms with Gasteiger partial charge < -0.3 is 5.32 Å². The molecule has 1 aromatic rings. The van der Waals surface area contributed by atoms with Crippen molar-refractivity contribution in [1.29, 1.82) is 0 Å². The third kappa shape index (κ3) is 2.43. The second kappa shape index (κ2) is 4.28. The van der Waals surface area contributed by atoms with Crippen LogP contribution < -0.4 is 5.32 Å². The average Bonchev–Trinajstić information content (AvgIpc) is 3.01. The molecule has 88 valence electrons. The first kappa shape index (κ1) is 11.2. The van der Waals surface area contributed by atoms with Crippen molar-refractivity contribution in [3.8, 4) is 0 Å². The Morgan fingerprint density at radius 2 is 2.19 bits per heavy atom. The summed E-state index contributed by atoms with van der Waals surface area (Å²) in [7, 11) is 1.91. The van der Waals surface area contributed by atoms with Crippen molar-refractivity contribution in [1.82, 2.24) is 15.1 Å². The molecule has 0 bridgehead atoms. The van der Waals surface area contributed by atoms with Crippen LogP contribution in [0.5, 0.6) is 0 Å². The number of nitrogens with one attached hydrogen (secondary N) is 1. The van der Waals surface area contributed by atoms with Crippen LogP contribution in [0, 0.1) is 19.8 Å². The Labute approximate surface area is 96.0 Å². The van der Waals surface area contributed by atoms with Gasteiger partial charge in [-0.2, -0.15) is 5.10 Å². The maximum absolute atomic E-state index is 11.7. The van der Waals surface area contributed by atoms with Crippen LogP contribution in [0.2, 0.25) is 0 Å². The van der Waals surface area contributed by atoms with Gasteiger partial charge in [-0.05, 0) is 32.6 Å². The fraction of sp³-hybridized carbons (Fsp3) is 0.667. The maximum atomic E-state index is 11.7. The van der Waals surface area contributed by atoms with Crippen molar-refractivity contribution in [2.75, 3.05) is 6.54 Å². The first-order valence-corrected chi connectivity index (χ1v) is 5.83. The number of hydrogen-bond acceptors (Lipinski definition) is 2. The van der Waals surface area contributed by atoms with Crippen LogP contribution in [0.3, 0.4) is 0 Å². The Bertz CT molecular complexity index is 405. The molecule has 0 saturated heterocycles. The molecule has 1 amide bonds. The molecule has 1 N–H and O–H groups in total. The van der Waals surface area contributed by atoms with Crippen molar-refractivity contribution >= 4 is 5.91 Å². The smallest absolute Gasteiger partial charge is 0.224 e. The van der Waals surface area contributed by atoms with Gasteiger partial charge in [0.2, 0.25) is 5.91 Å². The molecule has 1 aliphatic rings. The summed E-state index contributed by atoms with van der Waals surface area (Å²) in [5, 5.41) is 7.29. The number of aryl methyl sites for hydroxylation is 2. The highest BCUT2D eigenvalue weighted by molar-refractivity contribution is 5.79. The third-order valence-electron chi connectivity index (χ3n) is 3.28. The third-order valence-corrected chi connectivity index (χ3v) is 3.28. The molecule has 4 heteroatoms. The molecule has 0 spiro atoms. The Morgan fingerprint density at radius 3 is 2.69 bits per heavy atom. The summed E-state index contributed by atoms with van der Waals surface area (Å²) in [5.74, 6) is 0.853. The van der Waals surface area contributed by atoms with E-state index in [1.165, 1.54) is 12.8 Å². The minimum Gasteiger partial charge on any atom is -0.356 e. The lowest BCUT2D eigenvalue weighted by Gasteiger charge is -2.04. The molecule has 0 aliphatic heterocycles. The highest BCUT2D eigenvalue weighted by atomic mass is 16.1. The highest BCUT2D eigenvalue weighted by Gasteiger charge is 2.22. The molecule has 1 fully saturated rings. The Kier molecular flexibility index (Phi) is 2.99. The van der Waals surface area contributed by atoms with Crippen molar-refractivity contribution in [2.24, 2.45) is 13.0 Å². The van der Waals surface area contributed by atoms with Gasteiger partial charge >= 0.3 is 0 Å². The molecule has 0 unspecified atom stereocenters. The van der Waals surface area contributed by atoms with Gasteiger partial charge in [0.05, 0.1) is 12.1 Å². The Morgan fingerprint density at radius 1 is 1.50 bits per heavy atom. The molecule has 1 heterocycles. The summed E-state index contributed by atoms with van der Waals surface area (Å²) in [6.07, 6.45) is 2.99. The van der Waals surface area contributed by atoms with E-state index in [9.17, 15) is 4.79 Å². The summed E-state index contributed by atoms with van der Waals surface area (Å²) >= 11 is 0. The van der Waals surface area contributed by atoms with Crippen LogP contribution >= 0.6 is 0 Å². The zero-order valence-electron chi connectivity index (χ0n) is 10.2. The lowest BCUT2D eigenvalue weighted by Crippen LogP contribution is -2.27. The van der Waals surface area contributed by atoms with Gasteiger partial charge in [-0.15, -0.1) is 0 Å². The van der Waals surface area contributed by atoms with E-state index in [1.807, 2.05) is 25.6 Å². The zero-order chi connectivity index (χ0) is 11.7. The summed E-state index contributed by atoms with van der Waals surface area (Å²) in [6.45, 7) is 4.80. The fourth-order valence-corrected chi connectivity index (χ4v) is 1.88. The molecule has 1 aliphatic carbocycles. The summed E-state index contributed by atoms with van der Waals surface area (Å²) in [4.78, 5) is 11.7. The minimum absolute atomic E-state index is 0.117. The fourth-order valence-electron chi connectivity index (χ4n) is 1.88. The lowest BCUT2D eigenvalue weighted by atomic mass is 10.1. The topological polar surface area (TPSA) is 46.9 Å². The van der Waals surface area contributed by atoms with Crippen molar-refractivity contribution in [3.63, 3.8) is 0 Å². The minimum atomic E-state index is 0.117. The van der Waals surface area contributed by atoms with Crippen molar-refractivity contribution < 1.29 is 4.79 Å².